The molecule has 1 fully saturated rings. The Labute approximate surface area is 141 Å². The first-order valence-corrected chi connectivity index (χ1v) is 9.46. The average molecular weight is 355 g/mol. The highest BCUT2D eigenvalue weighted by atomic mass is 32.2. The van der Waals surface area contributed by atoms with E-state index in [-0.39, 0.29) is 35.2 Å². The largest absolute Gasteiger partial charge is 0.452 e. The predicted molar refractivity (Wildman–Crippen MR) is 86.4 cm³/mol. The highest BCUT2D eigenvalue weighted by Crippen LogP contribution is 2.13. The number of nitrogens with zero attached hydrogens (tertiary/aromatic N) is 1. The minimum absolute atomic E-state index is 0.0584. The summed E-state index contributed by atoms with van der Waals surface area (Å²) in [7, 11) is -3.32. The predicted octanol–water partition coefficient (Wildman–Crippen LogP) is 0.883. The minimum Gasteiger partial charge on any atom is -0.452 e. The number of carbonyl (C=O) groups is 2. The first-order chi connectivity index (χ1) is 11.2. The van der Waals surface area contributed by atoms with Crippen molar-refractivity contribution < 1.29 is 27.5 Å². The lowest BCUT2D eigenvalue weighted by molar-refractivity contribution is -0.146. The standard InChI is InChI=1S/C16H21NO6S/c1-11-8-17(9-12(2)23-11)15(18)10-22-16(19)13-4-6-14(7-5-13)24(3,20)21/h4-7,11-12H,8-10H2,1-3H3. The molecular weight excluding hydrogens is 334 g/mol. The fourth-order valence-electron chi connectivity index (χ4n) is 2.52. The maximum Gasteiger partial charge on any atom is 0.338 e. The molecule has 0 aromatic heterocycles. The highest BCUT2D eigenvalue weighted by Gasteiger charge is 2.26. The summed E-state index contributed by atoms with van der Waals surface area (Å²) in [6.45, 7) is 4.33. The van der Waals surface area contributed by atoms with Gasteiger partial charge in [-0.2, -0.15) is 0 Å². The SMILES string of the molecule is CC1CN(C(=O)COC(=O)c2ccc(S(C)(=O)=O)cc2)CC(C)O1. The highest BCUT2D eigenvalue weighted by molar-refractivity contribution is 7.90. The molecule has 2 unspecified atom stereocenters. The van der Waals surface area contributed by atoms with Crippen molar-refractivity contribution in [3.8, 4) is 0 Å². The molecule has 8 heteroatoms. The van der Waals surface area contributed by atoms with E-state index < -0.39 is 15.8 Å². The third kappa shape index (κ3) is 4.78. The lowest BCUT2D eigenvalue weighted by atomic mass is 10.2. The first-order valence-electron chi connectivity index (χ1n) is 7.57. The van der Waals surface area contributed by atoms with Gasteiger partial charge in [-0.25, -0.2) is 13.2 Å². The molecule has 7 nitrogen and oxygen atoms in total. The van der Waals surface area contributed by atoms with Crippen LogP contribution in [0.25, 0.3) is 0 Å². The van der Waals surface area contributed by atoms with Crippen molar-refractivity contribution in [2.75, 3.05) is 26.0 Å². The number of rotatable bonds is 4. The van der Waals surface area contributed by atoms with Crippen LogP contribution in [0.15, 0.2) is 29.2 Å². The van der Waals surface area contributed by atoms with Crippen molar-refractivity contribution in [3.63, 3.8) is 0 Å². The molecule has 2 atom stereocenters. The second kappa shape index (κ2) is 7.31. The van der Waals surface area contributed by atoms with Crippen LogP contribution in [0.3, 0.4) is 0 Å². The van der Waals surface area contributed by atoms with Gasteiger partial charge in [0, 0.05) is 19.3 Å². The van der Waals surface area contributed by atoms with Gasteiger partial charge in [-0.1, -0.05) is 0 Å². The van der Waals surface area contributed by atoms with E-state index in [0.717, 1.165) is 6.26 Å². The number of hydrogen-bond acceptors (Lipinski definition) is 6. The first kappa shape index (κ1) is 18.4. The van der Waals surface area contributed by atoms with E-state index in [0.29, 0.717) is 13.1 Å². The molecule has 0 bridgehead atoms. The fourth-order valence-corrected chi connectivity index (χ4v) is 3.15. The van der Waals surface area contributed by atoms with Gasteiger partial charge in [0.1, 0.15) is 0 Å². The van der Waals surface area contributed by atoms with Crippen molar-refractivity contribution in [1.82, 2.24) is 4.90 Å². The molecule has 1 aliphatic heterocycles. The normalized spacial score (nSPS) is 21.4. The van der Waals surface area contributed by atoms with E-state index in [2.05, 4.69) is 0 Å². The number of hydrogen-bond donors (Lipinski definition) is 0. The van der Waals surface area contributed by atoms with Crippen LogP contribution in [0.2, 0.25) is 0 Å². The lowest BCUT2D eigenvalue weighted by Gasteiger charge is -2.35. The number of amides is 1. The molecule has 0 aliphatic carbocycles. The van der Waals surface area contributed by atoms with E-state index >= 15 is 0 Å². The van der Waals surface area contributed by atoms with Gasteiger partial charge in [0.25, 0.3) is 5.91 Å². The third-order valence-corrected chi connectivity index (χ3v) is 4.75. The van der Waals surface area contributed by atoms with Crippen LogP contribution in [-0.2, 0) is 24.1 Å². The van der Waals surface area contributed by atoms with Crippen LogP contribution >= 0.6 is 0 Å². The van der Waals surface area contributed by atoms with E-state index in [1.54, 1.807) is 4.90 Å². The van der Waals surface area contributed by atoms with Gasteiger partial charge in [-0.3, -0.25) is 4.79 Å². The van der Waals surface area contributed by atoms with Crippen molar-refractivity contribution in [2.45, 2.75) is 31.0 Å². The molecule has 1 heterocycles. The summed E-state index contributed by atoms with van der Waals surface area (Å²) in [5, 5.41) is 0. The number of morpholine rings is 1. The summed E-state index contributed by atoms with van der Waals surface area (Å²) in [6.07, 6.45) is 0.970. The van der Waals surface area contributed by atoms with Crippen LogP contribution in [-0.4, -0.2) is 63.4 Å². The smallest absolute Gasteiger partial charge is 0.338 e. The Morgan fingerprint density at radius 2 is 1.71 bits per heavy atom. The summed E-state index contributed by atoms with van der Waals surface area (Å²) in [6, 6.07) is 5.39. The summed E-state index contributed by atoms with van der Waals surface area (Å²) in [5.74, 6) is -0.948. The summed E-state index contributed by atoms with van der Waals surface area (Å²) in [4.78, 5) is 25.8. The molecule has 2 rings (SSSR count). The average Bonchev–Trinajstić information content (AvgIpc) is 2.50. The third-order valence-electron chi connectivity index (χ3n) is 3.62. The maximum absolute atomic E-state index is 12.1. The summed E-state index contributed by atoms with van der Waals surface area (Å²) >= 11 is 0. The number of sulfone groups is 1. The molecule has 0 radical (unpaired) electrons. The molecule has 1 aromatic carbocycles. The number of esters is 1. The molecule has 1 amide bonds. The van der Waals surface area contributed by atoms with E-state index in [9.17, 15) is 18.0 Å². The Kier molecular flexibility index (Phi) is 5.61. The van der Waals surface area contributed by atoms with Gasteiger partial charge < -0.3 is 14.4 Å². The van der Waals surface area contributed by atoms with Crippen LogP contribution < -0.4 is 0 Å². The van der Waals surface area contributed by atoms with Gasteiger partial charge in [0.05, 0.1) is 22.7 Å². The maximum atomic E-state index is 12.1. The quantitative estimate of drug-likeness (QED) is 0.745. The van der Waals surface area contributed by atoms with Crippen LogP contribution in [0.5, 0.6) is 0 Å². The van der Waals surface area contributed by atoms with Crippen LogP contribution in [0, 0.1) is 0 Å². The zero-order valence-electron chi connectivity index (χ0n) is 13.9. The van der Waals surface area contributed by atoms with Crippen LogP contribution in [0.4, 0.5) is 0 Å². The monoisotopic (exact) mass is 355 g/mol. The zero-order valence-corrected chi connectivity index (χ0v) is 14.7. The van der Waals surface area contributed by atoms with Gasteiger partial charge in [0.15, 0.2) is 16.4 Å². The molecule has 0 N–H and O–H groups in total. The Bertz CT molecular complexity index is 703. The Morgan fingerprint density at radius 1 is 1.17 bits per heavy atom. The lowest BCUT2D eigenvalue weighted by Crippen LogP contribution is -2.49. The van der Waals surface area contributed by atoms with Gasteiger partial charge in [0.2, 0.25) is 0 Å². The Balaban J connectivity index is 1.92. The zero-order chi connectivity index (χ0) is 17.9. The van der Waals surface area contributed by atoms with Gasteiger partial charge in [-0.05, 0) is 38.1 Å². The van der Waals surface area contributed by atoms with Crippen molar-refractivity contribution in [2.24, 2.45) is 0 Å². The summed E-state index contributed by atoms with van der Waals surface area (Å²) in [5.41, 5.74) is 0.193. The molecule has 1 aliphatic rings. The van der Waals surface area contributed by atoms with E-state index in [1.165, 1.54) is 24.3 Å². The second-order valence-corrected chi connectivity index (χ2v) is 7.94. The molecule has 1 saturated heterocycles. The Morgan fingerprint density at radius 3 is 2.21 bits per heavy atom. The van der Waals surface area contributed by atoms with Crippen molar-refractivity contribution in [3.05, 3.63) is 29.8 Å². The van der Waals surface area contributed by atoms with Gasteiger partial charge >= 0.3 is 5.97 Å². The molecular formula is C16H21NO6S. The van der Waals surface area contributed by atoms with E-state index in [1.807, 2.05) is 13.8 Å². The van der Waals surface area contributed by atoms with Crippen molar-refractivity contribution in [1.29, 1.82) is 0 Å². The topological polar surface area (TPSA) is 90.0 Å². The molecule has 1 aromatic rings. The van der Waals surface area contributed by atoms with Gasteiger partial charge in [-0.15, -0.1) is 0 Å². The number of carbonyl (C=O) groups excluding carboxylic acids is 2. The number of ether oxygens (including phenoxy) is 2. The fraction of sp³-hybridized carbons (Fsp3) is 0.500. The molecule has 0 spiro atoms. The number of benzene rings is 1. The van der Waals surface area contributed by atoms with E-state index in [4.69, 9.17) is 9.47 Å². The van der Waals surface area contributed by atoms with Crippen molar-refractivity contribution >= 4 is 21.7 Å². The molecule has 24 heavy (non-hydrogen) atoms. The summed E-state index contributed by atoms with van der Waals surface area (Å²) < 4.78 is 33.3. The second-order valence-electron chi connectivity index (χ2n) is 5.93. The van der Waals surface area contributed by atoms with Crippen LogP contribution in [0.1, 0.15) is 24.2 Å². The molecule has 132 valence electrons. The minimum atomic E-state index is -3.32. The molecule has 0 saturated carbocycles. The Hall–Kier alpha value is -1.93.